The van der Waals surface area contributed by atoms with E-state index < -0.39 is 0 Å². The van der Waals surface area contributed by atoms with Crippen LogP contribution in [-0.2, 0) is 0 Å². The Kier molecular flexibility index (Phi) is 176. The summed E-state index contributed by atoms with van der Waals surface area (Å²) >= 11 is 0. The second-order valence-electron chi connectivity index (χ2n) is 0. The third-order valence-corrected chi connectivity index (χ3v) is 0. The molecule has 0 fully saturated rings. The Morgan fingerprint density at radius 2 is 1.00 bits per heavy atom. The Bertz CT molecular complexity index is 6.00. The van der Waals surface area contributed by atoms with Crippen molar-refractivity contribution in [2.24, 2.45) is 0 Å². The van der Waals surface area contributed by atoms with E-state index in [1.807, 2.05) is 0 Å². The van der Waals surface area contributed by atoms with Crippen molar-refractivity contribution in [1.82, 2.24) is 0 Å². The van der Waals surface area contributed by atoms with Gasteiger partial charge in [-0.1, -0.05) is 0 Å². The van der Waals surface area contributed by atoms with E-state index in [0.717, 1.165) is 0 Å². The van der Waals surface area contributed by atoms with E-state index >= 15 is 0 Å². The molecule has 0 unspecified atom stereocenters. The van der Waals surface area contributed by atoms with Gasteiger partial charge in [-0.15, -0.1) is 0 Å². The average Bonchev–Trinajstić information content (AvgIpc) is 0. The van der Waals surface area contributed by atoms with Crippen LogP contribution in [0.2, 0.25) is 0 Å². The van der Waals surface area contributed by atoms with Crippen molar-refractivity contribution in [3.8, 4) is 0 Å². The monoisotopic (exact) mass is 101 g/mol. The van der Waals surface area contributed by atoms with Crippen LogP contribution in [-0.4, -0.2) is 28.3 Å². The minimum atomic E-state index is 0. The van der Waals surface area contributed by atoms with E-state index in [9.17, 15) is 0 Å². The third kappa shape index (κ3) is 8.94. The summed E-state index contributed by atoms with van der Waals surface area (Å²) < 4.78 is 0. The molecule has 4 heavy (non-hydrogen) atoms. The molecule has 0 spiro atoms. The predicted octanol–water partition coefficient (Wildman–Crippen LogP) is -4.38. The first-order valence-electron chi connectivity index (χ1n) is 0. The Labute approximate surface area is 78.1 Å². The molecule has 0 aromatic heterocycles. The van der Waals surface area contributed by atoms with Crippen LogP contribution in [0.25, 0.3) is 0 Å². The summed E-state index contributed by atoms with van der Waals surface area (Å²) in [4.78, 5) is 0. The first kappa shape index (κ1) is 36.1. The Balaban J connectivity index is 0. The van der Waals surface area contributed by atoms with Crippen molar-refractivity contribution in [3.05, 3.63) is 0 Å². The standard InChI is InChI=1S/Al.K.2H2O/h;;2*1H2/q;+1;;/p-1. The summed E-state index contributed by atoms with van der Waals surface area (Å²) in [5.74, 6) is 0. The molecule has 0 atom stereocenters. The second-order valence-corrected chi connectivity index (χ2v) is 0. The van der Waals surface area contributed by atoms with Gasteiger partial charge in [0.25, 0.3) is 0 Å². The Hall–Kier alpha value is 2.09. The largest absolute Gasteiger partial charge is 1.00 e. The Morgan fingerprint density at radius 1 is 1.00 bits per heavy atom. The SMILES string of the molecule is O.[Al].[K+].[OH-]. The molecular weight excluding hydrogens is 98.1 g/mol. The zero-order valence-electron chi connectivity index (χ0n) is 2.52. The minimum Gasteiger partial charge on any atom is -0.870 e. The van der Waals surface area contributed by atoms with Crippen LogP contribution in [0, 0.1) is 0 Å². The van der Waals surface area contributed by atoms with Gasteiger partial charge in [0.1, 0.15) is 0 Å². The van der Waals surface area contributed by atoms with Gasteiger partial charge in [-0.25, -0.2) is 0 Å². The summed E-state index contributed by atoms with van der Waals surface area (Å²) in [5, 5.41) is 0. The Morgan fingerprint density at radius 3 is 1.00 bits per heavy atom. The molecule has 0 aliphatic heterocycles. The first-order valence-corrected chi connectivity index (χ1v) is 0. The molecule has 3 N–H and O–H groups in total. The summed E-state index contributed by atoms with van der Waals surface area (Å²) in [6, 6.07) is 0. The predicted molar refractivity (Wildman–Crippen MR) is 11.3 cm³/mol. The molecule has 0 heterocycles. The summed E-state index contributed by atoms with van der Waals surface area (Å²) in [6.45, 7) is 0. The third-order valence-electron chi connectivity index (χ3n) is 0. The molecule has 0 bridgehead atoms. The first-order chi connectivity index (χ1) is 0. The van der Waals surface area contributed by atoms with E-state index in [4.69, 9.17) is 0 Å². The number of hydrogen-bond donors (Lipinski definition) is 0. The van der Waals surface area contributed by atoms with Crippen molar-refractivity contribution in [1.29, 1.82) is 0 Å². The number of hydrogen-bond acceptors (Lipinski definition) is 1. The van der Waals surface area contributed by atoms with Crippen LogP contribution in [0.5, 0.6) is 0 Å². The fraction of sp³-hybridized carbons (Fsp3) is 0. The number of rotatable bonds is 0. The topological polar surface area (TPSA) is 61.5 Å². The smallest absolute Gasteiger partial charge is 0.870 e. The van der Waals surface area contributed by atoms with Gasteiger partial charge < -0.3 is 11.0 Å². The van der Waals surface area contributed by atoms with Gasteiger partial charge in [0, 0.05) is 17.4 Å². The van der Waals surface area contributed by atoms with E-state index in [0.29, 0.717) is 0 Å². The van der Waals surface area contributed by atoms with E-state index in [1.165, 1.54) is 0 Å². The zero-order valence-corrected chi connectivity index (χ0v) is 6.80. The van der Waals surface area contributed by atoms with Gasteiger partial charge in [-0.3, -0.25) is 0 Å². The quantitative estimate of drug-likeness (QED) is 0.284. The van der Waals surface area contributed by atoms with Gasteiger partial charge in [0.2, 0.25) is 0 Å². The molecule has 0 amide bonds. The summed E-state index contributed by atoms with van der Waals surface area (Å²) in [7, 11) is 0. The van der Waals surface area contributed by atoms with Crippen LogP contribution in [0.1, 0.15) is 0 Å². The molecule has 0 aliphatic carbocycles. The molecule has 0 rings (SSSR count). The fourth-order valence-electron chi connectivity index (χ4n) is 0. The van der Waals surface area contributed by atoms with Crippen LogP contribution >= 0.6 is 0 Å². The van der Waals surface area contributed by atoms with Crippen molar-refractivity contribution >= 4 is 17.4 Å². The van der Waals surface area contributed by atoms with E-state index in [2.05, 4.69) is 0 Å². The molecule has 19 valence electrons. The molecule has 0 saturated heterocycles. The van der Waals surface area contributed by atoms with Gasteiger partial charge in [0.05, 0.1) is 0 Å². The maximum Gasteiger partial charge on any atom is 1.00 e. The van der Waals surface area contributed by atoms with Crippen molar-refractivity contribution in [2.45, 2.75) is 0 Å². The van der Waals surface area contributed by atoms with Crippen LogP contribution in [0.3, 0.4) is 0 Å². The van der Waals surface area contributed by atoms with E-state index in [1.54, 1.807) is 0 Å². The minimum absolute atomic E-state index is 0. The second kappa shape index (κ2) is 19.5. The summed E-state index contributed by atoms with van der Waals surface area (Å²) in [5.41, 5.74) is 0. The normalized spacial score (nSPS) is 0. The molecule has 4 heteroatoms. The molecule has 0 saturated carbocycles. The molecule has 2 nitrogen and oxygen atoms in total. The molecule has 3 radical (unpaired) electrons. The van der Waals surface area contributed by atoms with Crippen LogP contribution in [0.15, 0.2) is 0 Å². The van der Waals surface area contributed by atoms with Gasteiger partial charge in [0.15, 0.2) is 0 Å². The maximum absolute atomic E-state index is 0. The van der Waals surface area contributed by atoms with Gasteiger partial charge in [-0.2, -0.15) is 0 Å². The maximum atomic E-state index is 0. The zero-order chi connectivity index (χ0) is 0. The van der Waals surface area contributed by atoms with Crippen molar-refractivity contribution in [2.75, 3.05) is 0 Å². The van der Waals surface area contributed by atoms with Gasteiger partial charge in [-0.05, 0) is 0 Å². The van der Waals surface area contributed by atoms with Gasteiger partial charge >= 0.3 is 51.4 Å². The van der Waals surface area contributed by atoms with Crippen LogP contribution < -0.4 is 51.4 Å². The molecule has 0 aromatic carbocycles. The van der Waals surface area contributed by atoms with Crippen LogP contribution in [0.4, 0.5) is 0 Å². The molecule has 0 aliphatic rings. The molecular formula is H3AlKO2. The molecule has 0 aromatic rings. The summed E-state index contributed by atoms with van der Waals surface area (Å²) in [6.07, 6.45) is 0. The van der Waals surface area contributed by atoms with Crippen molar-refractivity contribution in [3.63, 3.8) is 0 Å². The average molecular weight is 101 g/mol. The van der Waals surface area contributed by atoms with E-state index in [-0.39, 0.29) is 79.7 Å². The fourth-order valence-corrected chi connectivity index (χ4v) is 0. The van der Waals surface area contributed by atoms with Crippen molar-refractivity contribution < 1.29 is 62.3 Å².